The van der Waals surface area contributed by atoms with Crippen molar-refractivity contribution in [1.82, 2.24) is 0 Å². The van der Waals surface area contributed by atoms with Crippen LogP contribution in [0.5, 0.6) is 0 Å². The molecule has 2 rings (SSSR count). The van der Waals surface area contributed by atoms with Crippen molar-refractivity contribution in [3.8, 4) is 6.07 Å². The molecule has 0 radical (unpaired) electrons. The lowest BCUT2D eigenvalue weighted by molar-refractivity contribution is 0.292. The fourth-order valence-corrected chi connectivity index (χ4v) is 1.58. The van der Waals surface area contributed by atoms with E-state index in [0.717, 1.165) is 5.56 Å². The van der Waals surface area contributed by atoms with Gasteiger partial charge in [-0.05, 0) is 30.2 Å². The molecule has 0 aliphatic carbocycles. The highest BCUT2D eigenvalue weighted by Crippen LogP contribution is 2.17. The van der Waals surface area contributed by atoms with Gasteiger partial charge in [-0.3, -0.25) is 0 Å². The zero-order valence-corrected chi connectivity index (χ0v) is 9.47. The fourth-order valence-electron chi connectivity index (χ4n) is 1.58. The number of hydrogen-bond acceptors (Lipinski definition) is 3. The average molecular weight is 214 g/mol. The van der Waals surface area contributed by atoms with Gasteiger partial charge in [0.05, 0.1) is 17.7 Å². The summed E-state index contributed by atoms with van der Waals surface area (Å²) in [5.41, 5.74) is 1.60. The molecule has 82 valence electrons. The minimum atomic E-state index is 0.255. The van der Waals surface area contributed by atoms with Gasteiger partial charge in [-0.25, -0.2) is 4.99 Å². The second-order valence-corrected chi connectivity index (χ2v) is 4.25. The molecule has 0 fully saturated rings. The summed E-state index contributed by atoms with van der Waals surface area (Å²) in [5, 5.41) is 8.70. The maximum atomic E-state index is 8.70. The van der Waals surface area contributed by atoms with Gasteiger partial charge in [0.25, 0.3) is 0 Å². The number of rotatable bonds is 2. The third-order valence-electron chi connectivity index (χ3n) is 2.70. The van der Waals surface area contributed by atoms with Crippen molar-refractivity contribution in [2.24, 2.45) is 10.9 Å². The van der Waals surface area contributed by atoms with Gasteiger partial charge < -0.3 is 4.74 Å². The van der Waals surface area contributed by atoms with E-state index in [2.05, 4.69) is 24.9 Å². The van der Waals surface area contributed by atoms with E-state index in [0.29, 0.717) is 24.0 Å². The number of aliphatic imine (C=N–C) groups is 1. The molecular formula is C13H14N2O. The molecule has 0 amide bonds. The SMILES string of the molecule is CC(C)C1COC(c2ccc(C#N)cc2)=N1. The molecule has 0 saturated carbocycles. The largest absolute Gasteiger partial charge is 0.475 e. The highest BCUT2D eigenvalue weighted by molar-refractivity contribution is 5.95. The Balaban J connectivity index is 2.20. The summed E-state index contributed by atoms with van der Waals surface area (Å²) in [5.74, 6) is 1.19. The van der Waals surface area contributed by atoms with Crippen LogP contribution in [-0.2, 0) is 4.74 Å². The van der Waals surface area contributed by atoms with Crippen LogP contribution in [0.4, 0.5) is 0 Å². The summed E-state index contributed by atoms with van der Waals surface area (Å²) < 4.78 is 5.55. The van der Waals surface area contributed by atoms with E-state index in [9.17, 15) is 0 Å². The van der Waals surface area contributed by atoms with Crippen molar-refractivity contribution in [3.05, 3.63) is 35.4 Å². The monoisotopic (exact) mass is 214 g/mol. The normalized spacial score (nSPS) is 19.1. The summed E-state index contributed by atoms with van der Waals surface area (Å²) >= 11 is 0. The first-order valence-corrected chi connectivity index (χ1v) is 5.42. The smallest absolute Gasteiger partial charge is 0.216 e. The topological polar surface area (TPSA) is 45.4 Å². The molecule has 0 saturated heterocycles. The van der Waals surface area contributed by atoms with Gasteiger partial charge >= 0.3 is 0 Å². The van der Waals surface area contributed by atoms with Crippen LogP contribution in [0.25, 0.3) is 0 Å². The zero-order valence-electron chi connectivity index (χ0n) is 9.47. The molecule has 16 heavy (non-hydrogen) atoms. The third-order valence-corrected chi connectivity index (χ3v) is 2.70. The number of nitrogens with zero attached hydrogens (tertiary/aromatic N) is 2. The van der Waals surface area contributed by atoms with Crippen LogP contribution in [0.1, 0.15) is 25.0 Å². The van der Waals surface area contributed by atoms with Crippen LogP contribution in [0, 0.1) is 17.2 Å². The highest BCUT2D eigenvalue weighted by Gasteiger charge is 2.22. The quantitative estimate of drug-likeness (QED) is 0.758. The van der Waals surface area contributed by atoms with E-state index in [1.54, 1.807) is 12.1 Å². The highest BCUT2D eigenvalue weighted by atomic mass is 16.5. The molecule has 3 heteroatoms. The minimum Gasteiger partial charge on any atom is -0.475 e. The maximum Gasteiger partial charge on any atom is 0.216 e. The van der Waals surface area contributed by atoms with Gasteiger partial charge in [0.1, 0.15) is 6.61 Å². The van der Waals surface area contributed by atoms with E-state index in [1.165, 1.54) is 0 Å². The molecule has 0 spiro atoms. The van der Waals surface area contributed by atoms with Gasteiger partial charge in [-0.15, -0.1) is 0 Å². The van der Waals surface area contributed by atoms with Gasteiger partial charge in [0.2, 0.25) is 5.90 Å². The Hall–Kier alpha value is -1.82. The Kier molecular flexibility index (Phi) is 2.91. The van der Waals surface area contributed by atoms with E-state index < -0.39 is 0 Å². The molecule has 3 nitrogen and oxygen atoms in total. The van der Waals surface area contributed by atoms with E-state index in [1.807, 2.05) is 12.1 Å². The predicted molar refractivity (Wildman–Crippen MR) is 62.3 cm³/mol. The van der Waals surface area contributed by atoms with Crippen LogP contribution in [-0.4, -0.2) is 18.5 Å². The Morgan fingerprint density at radius 3 is 2.56 bits per heavy atom. The molecule has 1 heterocycles. The van der Waals surface area contributed by atoms with E-state index >= 15 is 0 Å². The lowest BCUT2D eigenvalue weighted by atomic mass is 10.1. The molecule has 1 aliphatic rings. The molecule has 1 aromatic rings. The summed E-state index contributed by atoms with van der Waals surface area (Å²) in [6, 6.07) is 9.66. The first-order chi connectivity index (χ1) is 7.70. The van der Waals surface area contributed by atoms with Crippen LogP contribution in [0.15, 0.2) is 29.3 Å². The van der Waals surface area contributed by atoms with Crippen molar-refractivity contribution < 1.29 is 4.74 Å². The molecular weight excluding hydrogens is 200 g/mol. The van der Waals surface area contributed by atoms with Crippen LogP contribution >= 0.6 is 0 Å². The van der Waals surface area contributed by atoms with Gasteiger partial charge in [-0.2, -0.15) is 5.26 Å². The Morgan fingerprint density at radius 2 is 2.06 bits per heavy atom. The molecule has 1 unspecified atom stereocenters. The van der Waals surface area contributed by atoms with Gasteiger partial charge in [-0.1, -0.05) is 13.8 Å². The maximum absolute atomic E-state index is 8.70. The Morgan fingerprint density at radius 1 is 1.38 bits per heavy atom. The minimum absolute atomic E-state index is 0.255. The van der Waals surface area contributed by atoms with E-state index in [-0.39, 0.29) is 6.04 Å². The first-order valence-electron chi connectivity index (χ1n) is 5.42. The Bertz CT molecular complexity index is 440. The molecule has 1 aliphatic heterocycles. The third kappa shape index (κ3) is 2.06. The van der Waals surface area contributed by atoms with Crippen LogP contribution in [0.2, 0.25) is 0 Å². The van der Waals surface area contributed by atoms with Gasteiger partial charge in [0.15, 0.2) is 0 Å². The molecule has 0 N–H and O–H groups in total. The van der Waals surface area contributed by atoms with E-state index in [4.69, 9.17) is 10.00 Å². The number of benzene rings is 1. The average Bonchev–Trinajstić information content (AvgIpc) is 2.78. The standard InChI is InChI=1S/C13H14N2O/c1-9(2)12-8-16-13(15-12)11-5-3-10(7-14)4-6-11/h3-6,9,12H,8H2,1-2H3. The van der Waals surface area contributed by atoms with Crippen molar-refractivity contribution >= 4 is 5.90 Å². The lowest BCUT2D eigenvalue weighted by Gasteiger charge is -2.06. The molecule has 0 aromatic heterocycles. The van der Waals surface area contributed by atoms with Crippen molar-refractivity contribution in [2.75, 3.05) is 6.61 Å². The van der Waals surface area contributed by atoms with Gasteiger partial charge in [0, 0.05) is 5.56 Å². The van der Waals surface area contributed by atoms with Crippen LogP contribution in [0.3, 0.4) is 0 Å². The second-order valence-electron chi connectivity index (χ2n) is 4.25. The molecule has 1 atom stereocenters. The number of ether oxygens (including phenoxy) is 1. The predicted octanol–water partition coefficient (Wildman–Crippen LogP) is 2.36. The second kappa shape index (κ2) is 4.36. The van der Waals surface area contributed by atoms with Crippen molar-refractivity contribution in [3.63, 3.8) is 0 Å². The summed E-state index contributed by atoms with van der Waals surface area (Å²) in [4.78, 5) is 4.52. The van der Waals surface area contributed by atoms with Crippen molar-refractivity contribution in [1.29, 1.82) is 5.26 Å². The summed E-state index contributed by atoms with van der Waals surface area (Å²) in [6.07, 6.45) is 0. The molecule has 1 aromatic carbocycles. The Labute approximate surface area is 95.4 Å². The van der Waals surface area contributed by atoms with Crippen molar-refractivity contribution in [2.45, 2.75) is 19.9 Å². The summed E-state index contributed by atoms with van der Waals surface area (Å²) in [6.45, 7) is 4.94. The molecule has 0 bridgehead atoms. The first kappa shape index (κ1) is 10.7. The van der Waals surface area contributed by atoms with Crippen LogP contribution < -0.4 is 0 Å². The number of hydrogen-bond donors (Lipinski definition) is 0. The zero-order chi connectivity index (χ0) is 11.5. The number of nitriles is 1. The fraction of sp³-hybridized carbons (Fsp3) is 0.385. The lowest BCUT2D eigenvalue weighted by Crippen LogP contribution is -2.13. The summed E-state index contributed by atoms with van der Waals surface area (Å²) in [7, 11) is 0.